The predicted octanol–water partition coefficient (Wildman–Crippen LogP) is 3.60. The van der Waals surface area contributed by atoms with Crippen LogP contribution < -0.4 is 5.32 Å². The summed E-state index contributed by atoms with van der Waals surface area (Å²) in [7, 11) is 0. The Hall–Kier alpha value is -1.93. The van der Waals surface area contributed by atoms with E-state index in [-0.39, 0.29) is 5.56 Å². The first kappa shape index (κ1) is 11.6. The van der Waals surface area contributed by atoms with Crippen LogP contribution in [-0.2, 0) is 0 Å². The molecule has 1 aromatic heterocycles. The molecule has 2 aromatic rings. The normalized spacial score (nSPS) is 9.71. The number of hydrogen-bond donors (Lipinski definition) is 1. The Labute approximate surface area is 106 Å². The molecule has 0 aliphatic rings. The second kappa shape index (κ2) is 4.93. The lowest BCUT2D eigenvalue weighted by atomic mass is 10.2. The van der Waals surface area contributed by atoms with Gasteiger partial charge in [-0.3, -0.25) is 0 Å². The van der Waals surface area contributed by atoms with Crippen molar-refractivity contribution in [3.63, 3.8) is 0 Å². The summed E-state index contributed by atoms with van der Waals surface area (Å²) in [6, 6.07) is 9.81. The Kier molecular flexibility index (Phi) is 3.35. The minimum Gasteiger partial charge on any atom is -0.338 e. The zero-order chi connectivity index (χ0) is 12.3. The van der Waals surface area contributed by atoms with Crippen molar-refractivity contribution in [3.8, 4) is 6.07 Å². The maximum Gasteiger partial charge on any atom is 0.144 e. The molecule has 0 spiro atoms. The molecule has 0 radical (unpaired) electrons. The second-order valence-corrected chi connectivity index (χ2v) is 4.09. The van der Waals surface area contributed by atoms with E-state index in [9.17, 15) is 4.39 Å². The van der Waals surface area contributed by atoms with Gasteiger partial charge in [0.05, 0.1) is 10.2 Å². The fourth-order valence-corrected chi connectivity index (χ4v) is 1.70. The van der Waals surface area contributed by atoms with Gasteiger partial charge in [-0.2, -0.15) is 5.26 Å². The van der Waals surface area contributed by atoms with E-state index in [0.29, 0.717) is 11.5 Å². The fraction of sp³-hybridized carbons (Fsp3) is 0. The van der Waals surface area contributed by atoms with Gasteiger partial charge in [0.1, 0.15) is 23.3 Å². The summed E-state index contributed by atoms with van der Waals surface area (Å²) in [6.45, 7) is 0. The molecular weight excluding hydrogens is 285 g/mol. The van der Waals surface area contributed by atoms with Gasteiger partial charge >= 0.3 is 0 Å². The molecule has 84 valence electrons. The zero-order valence-electron chi connectivity index (χ0n) is 8.61. The highest BCUT2D eigenvalue weighted by atomic mass is 79.9. The molecule has 0 saturated heterocycles. The molecule has 1 aromatic carbocycles. The highest BCUT2D eigenvalue weighted by molar-refractivity contribution is 9.10. The number of halogens is 2. The van der Waals surface area contributed by atoms with Crippen LogP contribution in [0.15, 0.2) is 41.0 Å². The Morgan fingerprint density at radius 3 is 2.82 bits per heavy atom. The topological polar surface area (TPSA) is 48.7 Å². The van der Waals surface area contributed by atoms with Crippen molar-refractivity contribution in [2.45, 2.75) is 0 Å². The Morgan fingerprint density at radius 1 is 1.29 bits per heavy atom. The van der Waals surface area contributed by atoms with Gasteiger partial charge in [0.25, 0.3) is 0 Å². The third-order valence-corrected chi connectivity index (χ3v) is 2.78. The van der Waals surface area contributed by atoms with E-state index in [2.05, 4.69) is 26.2 Å². The maximum atomic E-state index is 13.4. The van der Waals surface area contributed by atoms with Crippen LogP contribution in [0.1, 0.15) is 5.56 Å². The van der Waals surface area contributed by atoms with Gasteiger partial charge in [0.15, 0.2) is 0 Å². The number of anilines is 2. The van der Waals surface area contributed by atoms with Gasteiger partial charge in [0, 0.05) is 6.20 Å². The lowest BCUT2D eigenvalue weighted by molar-refractivity contribution is 0.624. The fourth-order valence-electron chi connectivity index (χ4n) is 1.35. The number of aromatic nitrogens is 1. The summed E-state index contributed by atoms with van der Waals surface area (Å²) < 4.78 is 14.1. The van der Waals surface area contributed by atoms with Crippen LogP contribution in [0.2, 0.25) is 0 Å². The van der Waals surface area contributed by atoms with Gasteiger partial charge in [-0.15, -0.1) is 0 Å². The van der Waals surface area contributed by atoms with Crippen LogP contribution in [0.5, 0.6) is 0 Å². The second-order valence-electron chi connectivity index (χ2n) is 3.23. The van der Waals surface area contributed by atoms with Crippen molar-refractivity contribution in [2.75, 3.05) is 5.32 Å². The van der Waals surface area contributed by atoms with Crippen molar-refractivity contribution in [1.29, 1.82) is 5.26 Å². The molecule has 17 heavy (non-hydrogen) atoms. The Bertz CT molecular complexity index is 593. The molecule has 0 fully saturated rings. The largest absolute Gasteiger partial charge is 0.338 e. The van der Waals surface area contributed by atoms with Crippen LogP contribution >= 0.6 is 15.9 Å². The van der Waals surface area contributed by atoms with Crippen molar-refractivity contribution >= 4 is 27.4 Å². The van der Waals surface area contributed by atoms with Crippen LogP contribution in [0.3, 0.4) is 0 Å². The van der Waals surface area contributed by atoms with Crippen LogP contribution in [0.4, 0.5) is 15.9 Å². The molecule has 0 amide bonds. The van der Waals surface area contributed by atoms with E-state index in [1.807, 2.05) is 6.07 Å². The zero-order valence-corrected chi connectivity index (χ0v) is 10.2. The third kappa shape index (κ3) is 2.43. The molecule has 5 heteroatoms. The van der Waals surface area contributed by atoms with Gasteiger partial charge in [0.2, 0.25) is 0 Å². The number of hydrogen-bond acceptors (Lipinski definition) is 3. The average molecular weight is 292 g/mol. The first-order valence-electron chi connectivity index (χ1n) is 4.78. The van der Waals surface area contributed by atoms with E-state index >= 15 is 0 Å². The van der Waals surface area contributed by atoms with Crippen molar-refractivity contribution in [2.24, 2.45) is 0 Å². The Balaban J connectivity index is 2.41. The van der Waals surface area contributed by atoms with E-state index in [4.69, 9.17) is 5.26 Å². The number of benzene rings is 1. The van der Waals surface area contributed by atoms with Crippen molar-refractivity contribution in [1.82, 2.24) is 4.98 Å². The smallest absolute Gasteiger partial charge is 0.144 e. The average Bonchev–Trinajstić information content (AvgIpc) is 2.32. The van der Waals surface area contributed by atoms with E-state index < -0.39 is 5.82 Å². The van der Waals surface area contributed by atoms with Gasteiger partial charge in [-0.05, 0) is 40.2 Å². The predicted molar refractivity (Wildman–Crippen MR) is 66.3 cm³/mol. The summed E-state index contributed by atoms with van der Waals surface area (Å²) in [5, 5.41) is 11.8. The minimum absolute atomic E-state index is 0.0231. The Morgan fingerprint density at radius 2 is 2.12 bits per heavy atom. The van der Waals surface area contributed by atoms with Crippen LogP contribution in [-0.4, -0.2) is 4.98 Å². The minimum atomic E-state index is -0.551. The number of nitrogens with zero attached hydrogens (tertiary/aromatic N) is 2. The quantitative estimate of drug-likeness (QED) is 0.920. The third-order valence-electron chi connectivity index (χ3n) is 2.14. The highest BCUT2D eigenvalue weighted by Gasteiger charge is 2.09. The molecule has 2 rings (SSSR count). The molecular formula is C12H7BrFN3. The molecule has 0 unspecified atom stereocenters. The van der Waals surface area contributed by atoms with Crippen LogP contribution in [0, 0.1) is 17.1 Å². The lowest BCUT2D eigenvalue weighted by Gasteiger charge is -2.08. The SMILES string of the molecule is N#Cc1c(F)cccc1Nc1ncccc1Br. The van der Waals surface area contributed by atoms with Gasteiger partial charge in [-0.1, -0.05) is 6.07 Å². The first-order valence-corrected chi connectivity index (χ1v) is 5.58. The number of pyridine rings is 1. The molecule has 0 atom stereocenters. The summed E-state index contributed by atoms with van der Waals surface area (Å²) >= 11 is 3.32. The molecule has 0 aliphatic carbocycles. The van der Waals surface area contributed by atoms with E-state index in [0.717, 1.165) is 4.47 Å². The summed E-state index contributed by atoms with van der Waals surface area (Å²) in [5.41, 5.74) is 0.372. The lowest BCUT2D eigenvalue weighted by Crippen LogP contribution is -1.98. The first-order chi connectivity index (χ1) is 8.22. The van der Waals surface area contributed by atoms with Crippen LogP contribution in [0.25, 0.3) is 0 Å². The standard InChI is InChI=1S/C12H7BrFN3/c13-9-3-2-6-16-12(9)17-11-5-1-4-10(14)8(11)7-15/h1-6H,(H,16,17). The molecule has 3 nitrogen and oxygen atoms in total. The summed E-state index contributed by atoms with van der Waals surface area (Å²) in [4.78, 5) is 4.09. The van der Waals surface area contributed by atoms with E-state index in [1.165, 1.54) is 12.1 Å². The number of nitrogens with one attached hydrogen (secondary N) is 1. The summed E-state index contributed by atoms with van der Waals surface area (Å²) in [5.74, 6) is -0.0147. The molecule has 0 saturated carbocycles. The molecule has 0 bridgehead atoms. The molecule has 1 N–H and O–H groups in total. The molecule has 0 aliphatic heterocycles. The van der Waals surface area contributed by atoms with Gasteiger partial charge < -0.3 is 5.32 Å². The van der Waals surface area contributed by atoms with Gasteiger partial charge in [-0.25, -0.2) is 9.37 Å². The monoisotopic (exact) mass is 291 g/mol. The molecule has 1 heterocycles. The maximum absolute atomic E-state index is 13.4. The van der Waals surface area contributed by atoms with Crippen molar-refractivity contribution in [3.05, 3.63) is 52.4 Å². The van der Waals surface area contributed by atoms with Crippen molar-refractivity contribution < 1.29 is 4.39 Å². The number of rotatable bonds is 2. The van der Waals surface area contributed by atoms with E-state index in [1.54, 1.807) is 24.4 Å². The summed E-state index contributed by atoms with van der Waals surface area (Å²) in [6.07, 6.45) is 1.61. The highest BCUT2D eigenvalue weighted by Crippen LogP contribution is 2.25. The number of nitriles is 1.